The monoisotopic (exact) mass is 488 g/mol. The number of ether oxygens (including phenoxy) is 1. The Morgan fingerprint density at radius 3 is 2.69 bits per heavy atom. The first-order chi connectivity index (χ1) is 17.3. The Morgan fingerprint density at radius 1 is 1.17 bits per heavy atom. The summed E-state index contributed by atoms with van der Waals surface area (Å²) in [5.74, 6) is -1.02. The van der Waals surface area contributed by atoms with Crippen LogP contribution in [0.1, 0.15) is 18.2 Å². The van der Waals surface area contributed by atoms with Crippen molar-refractivity contribution < 1.29 is 18.3 Å². The van der Waals surface area contributed by atoms with Crippen molar-refractivity contribution in [3.63, 3.8) is 0 Å². The number of aryl methyl sites for hydroxylation is 1. The molecule has 0 aliphatic rings. The highest BCUT2D eigenvalue weighted by Crippen LogP contribution is 2.32. The van der Waals surface area contributed by atoms with Gasteiger partial charge in [0.05, 0.1) is 23.6 Å². The number of halogens is 2. The first-order valence-corrected chi connectivity index (χ1v) is 11.2. The molecule has 0 unspecified atom stereocenters. The van der Waals surface area contributed by atoms with Gasteiger partial charge in [0, 0.05) is 23.9 Å². The van der Waals surface area contributed by atoms with Gasteiger partial charge in [0.15, 0.2) is 17.3 Å². The number of fused-ring (bicyclic) bond motifs is 2. The van der Waals surface area contributed by atoms with Gasteiger partial charge in [0.1, 0.15) is 18.1 Å². The second-order valence-corrected chi connectivity index (χ2v) is 8.23. The van der Waals surface area contributed by atoms with Gasteiger partial charge in [-0.05, 0) is 42.8 Å². The first kappa shape index (κ1) is 23.2. The number of nitrogens with zero attached hydrogens (tertiary/aromatic N) is 5. The van der Waals surface area contributed by atoms with E-state index < -0.39 is 11.8 Å². The van der Waals surface area contributed by atoms with Gasteiger partial charge in [0.2, 0.25) is 0 Å². The van der Waals surface area contributed by atoms with Gasteiger partial charge in [-0.3, -0.25) is 4.79 Å². The van der Waals surface area contributed by atoms with E-state index in [0.29, 0.717) is 33.7 Å². The zero-order chi connectivity index (χ0) is 25.4. The largest absolute Gasteiger partial charge is 0.464 e. The number of benzene rings is 1. The molecule has 10 heteroatoms. The van der Waals surface area contributed by atoms with Gasteiger partial charge in [0.25, 0.3) is 0 Å². The van der Waals surface area contributed by atoms with E-state index in [-0.39, 0.29) is 24.7 Å². The Balaban J connectivity index is 1.59. The third-order valence-corrected chi connectivity index (χ3v) is 5.73. The fourth-order valence-corrected chi connectivity index (χ4v) is 3.98. The summed E-state index contributed by atoms with van der Waals surface area (Å²) in [5, 5.41) is 12.4. The molecule has 0 aliphatic heterocycles. The van der Waals surface area contributed by atoms with Crippen LogP contribution in [0.15, 0.2) is 61.3 Å². The summed E-state index contributed by atoms with van der Waals surface area (Å²) in [7, 11) is 0. The van der Waals surface area contributed by atoms with Gasteiger partial charge in [-0.2, -0.15) is 10.2 Å². The Labute approximate surface area is 204 Å². The molecule has 182 valence electrons. The predicted octanol–water partition coefficient (Wildman–Crippen LogP) is 4.98. The number of anilines is 1. The lowest BCUT2D eigenvalue weighted by molar-refractivity contribution is -0.141. The topological polar surface area (TPSA) is 86.3 Å². The van der Waals surface area contributed by atoms with Crippen LogP contribution in [0.4, 0.5) is 14.6 Å². The number of aromatic nitrogens is 5. The van der Waals surface area contributed by atoms with Crippen LogP contribution in [-0.2, 0) is 16.1 Å². The minimum atomic E-state index is -0.547. The lowest BCUT2D eigenvalue weighted by atomic mass is 10.1. The quantitative estimate of drug-likeness (QED) is 0.325. The molecule has 1 N–H and O–H groups in total. The van der Waals surface area contributed by atoms with Crippen LogP contribution in [0.25, 0.3) is 33.5 Å². The normalized spacial score (nSPS) is 11.2. The molecule has 0 saturated carbocycles. The van der Waals surface area contributed by atoms with E-state index in [1.165, 1.54) is 25.1 Å². The van der Waals surface area contributed by atoms with Gasteiger partial charge < -0.3 is 10.1 Å². The number of hydrogen-bond donors (Lipinski definition) is 1. The molecule has 5 rings (SSSR count). The average molecular weight is 488 g/mol. The maximum absolute atomic E-state index is 15.5. The lowest BCUT2D eigenvalue weighted by Gasteiger charge is -2.08. The van der Waals surface area contributed by atoms with E-state index in [9.17, 15) is 9.18 Å². The van der Waals surface area contributed by atoms with Gasteiger partial charge in [-0.25, -0.2) is 23.0 Å². The number of carbonyl (C=O) groups is 1. The van der Waals surface area contributed by atoms with Crippen LogP contribution >= 0.6 is 0 Å². The van der Waals surface area contributed by atoms with E-state index >= 15 is 4.39 Å². The molecule has 1 aromatic carbocycles. The van der Waals surface area contributed by atoms with Crippen LogP contribution in [0.5, 0.6) is 0 Å². The molecule has 5 aromatic rings. The predicted molar refractivity (Wildman–Crippen MR) is 132 cm³/mol. The van der Waals surface area contributed by atoms with Crippen molar-refractivity contribution in [2.75, 3.05) is 11.9 Å². The van der Waals surface area contributed by atoms with Crippen molar-refractivity contribution in [1.29, 1.82) is 0 Å². The summed E-state index contributed by atoms with van der Waals surface area (Å²) >= 11 is 0. The van der Waals surface area contributed by atoms with Crippen molar-refractivity contribution in [2.45, 2.75) is 20.4 Å². The second-order valence-electron chi connectivity index (χ2n) is 8.23. The number of pyridine rings is 2. The Kier molecular flexibility index (Phi) is 5.93. The molecule has 0 aliphatic carbocycles. The minimum absolute atomic E-state index is 0.0642. The van der Waals surface area contributed by atoms with E-state index in [2.05, 4.69) is 27.1 Å². The summed E-state index contributed by atoms with van der Waals surface area (Å²) in [6, 6.07) is 12.8. The third kappa shape index (κ3) is 4.28. The summed E-state index contributed by atoms with van der Waals surface area (Å²) in [6.45, 7) is 7.49. The second kappa shape index (κ2) is 9.21. The fourth-order valence-electron chi connectivity index (χ4n) is 3.98. The van der Waals surface area contributed by atoms with Crippen LogP contribution in [0.2, 0.25) is 0 Å². The SMILES string of the molecule is C=C(Nc1nn(CCOC(C)=O)c2nc(-c3cnn4c(C)cccc34)c(F)cc12)c1ccc(F)cc1. The Morgan fingerprint density at radius 2 is 1.94 bits per heavy atom. The van der Waals surface area contributed by atoms with Crippen molar-refractivity contribution in [3.05, 3.63) is 84.2 Å². The smallest absolute Gasteiger partial charge is 0.302 e. The molecule has 0 bridgehead atoms. The molecule has 0 fully saturated rings. The number of esters is 1. The molecule has 0 radical (unpaired) electrons. The van der Waals surface area contributed by atoms with Crippen molar-refractivity contribution >= 4 is 34.0 Å². The molecule has 36 heavy (non-hydrogen) atoms. The highest BCUT2D eigenvalue weighted by atomic mass is 19.1. The van der Waals surface area contributed by atoms with Gasteiger partial charge in [-0.1, -0.05) is 24.8 Å². The molecule has 4 heterocycles. The van der Waals surface area contributed by atoms with E-state index in [1.807, 2.05) is 25.1 Å². The fraction of sp³-hybridized carbons (Fsp3) is 0.154. The molecule has 0 spiro atoms. The summed E-state index contributed by atoms with van der Waals surface area (Å²) < 4.78 is 37.1. The van der Waals surface area contributed by atoms with E-state index in [4.69, 9.17) is 4.74 Å². The van der Waals surface area contributed by atoms with Crippen LogP contribution < -0.4 is 5.32 Å². The van der Waals surface area contributed by atoms with Crippen molar-refractivity contribution in [3.8, 4) is 11.3 Å². The molecule has 4 aromatic heterocycles. The molecule has 0 atom stereocenters. The van der Waals surface area contributed by atoms with Crippen molar-refractivity contribution in [2.24, 2.45) is 0 Å². The molecule has 8 nitrogen and oxygen atoms in total. The molecular weight excluding hydrogens is 466 g/mol. The Bertz CT molecular complexity index is 1620. The third-order valence-electron chi connectivity index (χ3n) is 5.73. The number of rotatable bonds is 7. The number of hydrogen-bond acceptors (Lipinski definition) is 6. The standard InChI is InChI=1S/C26H22F2N6O2/c1-15-5-4-6-23-21(14-29-34(15)23)24-22(28)13-20-25(30-16(2)18-7-9-19(27)10-8-18)32-33(26(20)31-24)11-12-36-17(3)35/h4-10,13-14H,2,11-12H2,1,3H3,(H,30,32). The van der Waals surface area contributed by atoms with Crippen LogP contribution in [0.3, 0.4) is 0 Å². The van der Waals surface area contributed by atoms with E-state index in [0.717, 1.165) is 11.2 Å². The zero-order valence-electron chi connectivity index (χ0n) is 19.6. The molecule has 0 saturated heterocycles. The highest BCUT2D eigenvalue weighted by molar-refractivity contribution is 5.94. The Hall–Kier alpha value is -4.60. The maximum Gasteiger partial charge on any atom is 0.302 e. The average Bonchev–Trinajstić information content (AvgIpc) is 3.41. The first-order valence-electron chi connectivity index (χ1n) is 11.2. The van der Waals surface area contributed by atoms with Crippen LogP contribution in [0, 0.1) is 18.6 Å². The summed E-state index contributed by atoms with van der Waals surface area (Å²) in [6.07, 6.45) is 1.58. The molecule has 0 amide bonds. The zero-order valence-corrected chi connectivity index (χ0v) is 19.6. The van der Waals surface area contributed by atoms with Gasteiger partial charge >= 0.3 is 5.97 Å². The summed E-state index contributed by atoms with van der Waals surface area (Å²) in [4.78, 5) is 15.9. The van der Waals surface area contributed by atoms with E-state index in [1.54, 1.807) is 27.5 Å². The number of nitrogens with one attached hydrogen (secondary N) is 1. The highest BCUT2D eigenvalue weighted by Gasteiger charge is 2.20. The van der Waals surface area contributed by atoms with Gasteiger partial charge in [-0.15, -0.1) is 0 Å². The lowest BCUT2D eigenvalue weighted by Crippen LogP contribution is -2.11. The minimum Gasteiger partial charge on any atom is -0.464 e. The van der Waals surface area contributed by atoms with Crippen molar-refractivity contribution in [1.82, 2.24) is 24.4 Å². The summed E-state index contributed by atoms with van der Waals surface area (Å²) in [5.41, 5.74) is 3.76. The van der Waals surface area contributed by atoms with Crippen LogP contribution in [-0.4, -0.2) is 37.0 Å². The molecular formula is C26H22F2N6O2. The maximum atomic E-state index is 15.5. The number of carbonyl (C=O) groups excluding carboxylic acids is 1.